The molecule has 0 bridgehead atoms. The Kier molecular flexibility index (Phi) is 22.2. The van der Waals surface area contributed by atoms with Gasteiger partial charge in [0, 0.05) is 50.4 Å². The summed E-state index contributed by atoms with van der Waals surface area (Å²) in [6, 6.07) is 8.47. The smallest absolute Gasteiger partial charge is 0.308 e. The van der Waals surface area contributed by atoms with Crippen LogP contribution in [0.25, 0.3) is 0 Å². The zero-order valence-corrected chi connectivity index (χ0v) is 36.4. The van der Waals surface area contributed by atoms with Crippen LogP contribution in [0.5, 0.6) is 0 Å². The number of ether oxygens (including phenoxy) is 2. The third-order valence-corrected chi connectivity index (χ3v) is 11.2. The van der Waals surface area contributed by atoms with Gasteiger partial charge in [-0.3, -0.25) is 23.6 Å². The van der Waals surface area contributed by atoms with Crippen LogP contribution >= 0.6 is 0 Å². The number of alkyl halides is 1. The first kappa shape index (κ1) is 49.2. The second-order valence-electron chi connectivity index (χ2n) is 16.0. The van der Waals surface area contributed by atoms with Gasteiger partial charge in [-0.15, -0.1) is 0 Å². The van der Waals surface area contributed by atoms with Crippen molar-refractivity contribution in [3.63, 3.8) is 0 Å². The molecule has 0 unspecified atom stereocenters. The van der Waals surface area contributed by atoms with Gasteiger partial charge in [0.05, 0.1) is 45.8 Å². The number of carbonyl (C=O) groups excluding carboxylic acids is 3. The second-order valence-corrected chi connectivity index (χ2v) is 16.0. The molecule has 0 aromatic carbocycles. The summed E-state index contributed by atoms with van der Waals surface area (Å²) >= 11 is 0. The lowest BCUT2D eigenvalue weighted by atomic mass is 9.88. The van der Waals surface area contributed by atoms with Gasteiger partial charge in [0.25, 0.3) is 0 Å². The number of carboxylic acids is 1. The number of pyridine rings is 2. The maximum Gasteiger partial charge on any atom is 0.308 e. The number of nitrogens with one attached hydrogen (secondary N) is 3. The van der Waals surface area contributed by atoms with Gasteiger partial charge < -0.3 is 45.6 Å². The standard InChI is InChI=1S/C22H33N3O4.C13H18N2O2.C9H17NO3.CH3F/c1-2-29-20(27)16-22(28)11-14-25(15-12-22)19(26)8-4-3-7-18-10-9-17-6-5-13-23-21(17)24-18;16-12(17)6-2-1-5-11-8-7-10-4-3-9-14-13(10)15-11;1-2-13-8(11)7-9(12)3-5-10-6-4-9;1-2/h9-10,28H,2-8,11-16H2,1H3,(H,23,24);7-8H,1-6,9H2,(H,14,15)(H,16,17);10,12H,2-7H2,1H3;1H3/i;;;1D. The monoisotopic (exact) mass is 860 g/mol. The molecule has 0 aliphatic carbocycles. The van der Waals surface area contributed by atoms with Gasteiger partial charge in [-0.2, -0.15) is 0 Å². The molecule has 0 radical (unpaired) electrons. The topological polar surface area (TPSA) is 213 Å². The van der Waals surface area contributed by atoms with E-state index < -0.39 is 24.3 Å². The van der Waals surface area contributed by atoms with E-state index in [1.165, 1.54) is 17.5 Å². The number of hydrogen-bond acceptors (Lipinski definition) is 13. The van der Waals surface area contributed by atoms with Crippen LogP contribution in [0.2, 0.25) is 0 Å². The highest BCUT2D eigenvalue weighted by Gasteiger charge is 2.36. The first-order chi connectivity index (χ1) is 29.8. The van der Waals surface area contributed by atoms with Crippen LogP contribution < -0.4 is 16.0 Å². The van der Waals surface area contributed by atoms with Crippen molar-refractivity contribution in [2.75, 3.05) is 70.3 Å². The van der Waals surface area contributed by atoms with Gasteiger partial charge in [-0.05, 0) is 140 Å². The highest BCUT2D eigenvalue weighted by Crippen LogP contribution is 2.27. The predicted octanol–water partition coefficient (Wildman–Crippen LogP) is 5.34. The highest BCUT2D eigenvalue weighted by molar-refractivity contribution is 5.76. The number of unbranched alkanes of at least 4 members (excludes halogenated alkanes) is 2. The molecule has 4 aliphatic heterocycles. The van der Waals surface area contributed by atoms with Crippen LogP contribution in [-0.4, -0.2) is 125 Å². The number of fused-ring (bicyclic) bond motifs is 2. The summed E-state index contributed by atoms with van der Waals surface area (Å²) in [5.74, 6) is 0.779. The normalized spacial score (nSPS) is 17.2. The molecule has 6 N–H and O–H groups in total. The fourth-order valence-corrected chi connectivity index (χ4v) is 7.72. The van der Waals surface area contributed by atoms with Gasteiger partial charge in [0.15, 0.2) is 0 Å². The molecular weight excluding hydrogens is 788 g/mol. The number of nitrogens with zero attached hydrogens (tertiary/aromatic N) is 3. The number of aromatic nitrogens is 2. The van der Waals surface area contributed by atoms with Gasteiger partial charge in [0.2, 0.25) is 5.91 Å². The van der Waals surface area contributed by atoms with Crippen LogP contribution in [0.4, 0.5) is 16.0 Å². The molecule has 6 heterocycles. The molecule has 1 amide bonds. The lowest BCUT2D eigenvalue weighted by Gasteiger charge is -2.37. The number of hydrogen-bond donors (Lipinski definition) is 6. The number of aliphatic carboxylic acids is 1. The highest BCUT2D eigenvalue weighted by atomic mass is 19.1. The summed E-state index contributed by atoms with van der Waals surface area (Å²) < 4.78 is 25.2. The van der Waals surface area contributed by atoms with E-state index in [-0.39, 0.29) is 37.1 Å². The van der Waals surface area contributed by atoms with Gasteiger partial charge in [-0.1, -0.05) is 12.1 Å². The minimum Gasteiger partial charge on any atom is -0.481 e. The van der Waals surface area contributed by atoms with E-state index in [2.05, 4.69) is 45.2 Å². The van der Waals surface area contributed by atoms with Crippen LogP contribution in [-0.2, 0) is 54.3 Å². The molecule has 2 fully saturated rings. The number of esters is 2. The largest absolute Gasteiger partial charge is 0.481 e. The van der Waals surface area contributed by atoms with Gasteiger partial charge in [-0.25, -0.2) is 9.97 Å². The van der Waals surface area contributed by atoms with E-state index in [1.54, 1.807) is 18.7 Å². The predicted molar refractivity (Wildman–Crippen MR) is 232 cm³/mol. The Balaban J connectivity index is 0.000000262. The third kappa shape index (κ3) is 19.0. The summed E-state index contributed by atoms with van der Waals surface area (Å²) in [6.07, 6.45) is 12.6. The minimum absolute atomic E-state index is 0.00546. The summed E-state index contributed by atoms with van der Waals surface area (Å²) in [5.41, 5.74) is 2.84. The average Bonchev–Trinajstić information content (AvgIpc) is 3.25. The number of aliphatic hydroxyl groups is 2. The maximum absolute atomic E-state index is 12.5. The number of carboxylic acid groups (broad SMARTS) is 1. The number of rotatable bonds is 16. The maximum atomic E-state index is 12.5. The van der Waals surface area contributed by atoms with Gasteiger partial charge in [0.1, 0.15) is 11.6 Å². The first-order valence-corrected chi connectivity index (χ1v) is 22.1. The number of piperidine rings is 2. The number of likely N-dealkylation sites (tertiary alicyclic amines) is 1. The van der Waals surface area contributed by atoms with E-state index in [0.717, 1.165) is 107 Å². The lowest BCUT2D eigenvalue weighted by molar-refractivity contribution is -0.152. The molecule has 2 aromatic heterocycles. The molecule has 342 valence electrons. The van der Waals surface area contributed by atoms with Crippen molar-refractivity contribution in [2.45, 2.75) is 141 Å². The molecule has 2 aromatic rings. The fourth-order valence-electron chi connectivity index (χ4n) is 7.72. The molecular formula is C45H71FN6O9. The lowest BCUT2D eigenvalue weighted by Crippen LogP contribution is -2.47. The quantitative estimate of drug-likeness (QED) is 0.0930. The zero-order valence-electron chi connectivity index (χ0n) is 37.4. The molecule has 15 nitrogen and oxygen atoms in total. The Morgan fingerprint density at radius 3 is 1.66 bits per heavy atom. The molecule has 0 atom stereocenters. The number of aryl methyl sites for hydroxylation is 4. The molecule has 6 rings (SSSR count). The van der Waals surface area contributed by atoms with Crippen molar-refractivity contribution in [1.82, 2.24) is 20.2 Å². The molecule has 0 saturated carbocycles. The average molecular weight is 860 g/mol. The molecule has 0 spiro atoms. The van der Waals surface area contributed by atoms with E-state index >= 15 is 0 Å². The Labute approximate surface area is 362 Å². The molecule has 2 saturated heterocycles. The number of carbonyl (C=O) groups is 4. The van der Waals surface area contributed by atoms with E-state index in [9.17, 15) is 33.8 Å². The van der Waals surface area contributed by atoms with E-state index in [0.29, 0.717) is 58.4 Å². The van der Waals surface area contributed by atoms with E-state index in [1.807, 2.05) is 0 Å². The van der Waals surface area contributed by atoms with Crippen molar-refractivity contribution >= 4 is 35.5 Å². The Morgan fingerprint density at radius 2 is 1.20 bits per heavy atom. The SMILES string of the molecule is CCOC(=O)CC1(O)CCN(C(=O)CCCCc2ccc3c(n2)NCCC3)CC1.CCOC(=O)CC1(O)CCNCC1.O=C(O)CCCCc1ccc2c(n1)NCCC2.[2H]CF. The van der Waals surface area contributed by atoms with Crippen molar-refractivity contribution in [2.24, 2.45) is 0 Å². The van der Waals surface area contributed by atoms with Crippen LogP contribution in [0.15, 0.2) is 24.3 Å². The van der Waals surface area contributed by atoms with Crippen LogP contribution in [0, 0.1) is 0 Å². The number of amides is 1. The first-order valence-electron chi connectivity index (χ1n) is 22.8. The summed E-state index contributed by atoms with van der Waals surface area (Å²) in [6.45, 7) is 8.74. The van der Waals surface area contributed by atoms with Crippen LogP contribution in [0.1, 0.15) is 128 Å². The summed E-state index contributed by atoms with van der Waals surface area (Å²) in [4.78, 5) is 56.7. The number of anilines is 2. The molecule has 61 heavy (non-hydrogen) atoms. The third-order valence-electron chi connectivity index (χ3n) is 11.2. The van der Waals surface area contributed by atoms with Crippen molar-refractivity contribution in [3.8, 4) is 0 Å². The van der Waals surface area contributed by atoms with Crippen molar-refractivity contribution < 1.29 is 49.7 Å². The Hall–Kier alpha value is -4.41. The van der Waals surface area contributed by atoms with Crippen molar-refractivity contribution in [3.05, 3.63) is 46.8 Å². The minimum atomic E-state index is -1.05. The Morgan fingerprint density at radius 1 is 0.738 bits per heavy atom. The summed E-state index contributed by atoms with van der Waals surface area (Å²) in [7, 11) is -1.00. The fraction of sp³-hybridized carbons (Fsp3) is 0.689. The number of halogens is 1. The van der Waals surface area contributed by atoms with Crippen molar-refractivity contribution in [1.29, 1.82) is 0 Å². The zero-order chi connectivity index (χ0) is 45.2. The van der Waals surface area contributed by atoms with E-state index in [4.69, 9.17) is 20.9 Å². The van der Waals surface area contributed by atoms with Gasteiger partial charge >= 0.3 is 17.9 Å². The molecule has 4 aliphatic rings. The Bertz CT molecular complexity index is 1670. The second kappa shape index (κ2) is 27.5. The summed E-state index contributed by atoms with van der Waals surface area (Å²) in [5, 5.41) is 38.8. The molecule has 16 heteroatoms. The van der Waals surface area contributed by atoms with Crippen LogP contribution in [0.3, 0.4) is 0 Å².